The van der Waals surface area contributed by atoms with Gasteiger partial charge in [0.15, 0.2) is 0 Å². The van der Waals surface area contributed by atoms with Crippen molar-refractivity contribution in [3.63, 3.8) is 0 Å². The molecule has 4 nitrogen and oxygen atoms in total. The fraction of sp³-hybridized carbons (Fsp3) is 0.286. The monoisotopic (exact) mass is 274 g/mol. The Labute approximate surface area is 115 Å². The van der Waals surface area contributed by atoms with Crippen molar-refractivity contribution in [2.75, 3.05) is 5.75 Å². The fourth-order valence-electron chi connectivity index (χ4n) is 2.35. The van der Waals surface area contributed by atoms with E-state index in [0.717, 1.165) is 22.2 Å². The maximum absolute atomic E-state index is 11.0. The zero-order valence-corrected chi connectivity index (χ0v) is 11.3. The van der Waals surface area contributed by atoms with Gasteiger partial charge in [-0.2, -0.15) is 0 Å². The molecule has 1 saturated heterocycles. The smallest absolute Gasteiger partial charge is 0.321 e. The summed E-state index contributed by atoms with van der Waals surface area (Å²) in [6, 6.07) is 9.54. The molecular formula is C14H14N2O2S. The molecule has 0 radical (unpaired) electrons. The third-order valence-corrected chi connectivity index (χ3v) is 4.49. The van der Waals surface area contributed by atoms with Crippen LogP contribution in [0.2, 0.25) is 0 Å². The van der Waals surface area contributed by atoms with E-state index in [1.54, 1.807) is 11.8 Å². The van der Waals surface area contributed by atoms with E-state index in [4.69, 9.17) is 5.11 Å². The lowest BCUT2D eigenvalue weighted by Gasteiger charge is -2.14. The number of carbonyl (C=O) groups is 1. The Morgan fingerprint density at radius 2 is 2.26 bits per heavy atom. The van der Waals surface area contributed by atoms with Gasteiger partial charge in [0, 0.05) is 16.8 Å². The first-order valence-corrected chi connectivity index (χ1v) is 7.17. The number of aryl methyl sites for hydroxylation is 1. The maximum atomic E-state index is 11.0. The molecule has 0 spiro atoms. The molecule has 0 bridgehead atoms. The Balaban J connectivity index is 2.03. The first kappa shape index (κ1) is 12.4. The number of fused-ring (bicyclic) bond motifs is 1. The molecule has 2 aromatic rings. The van der Waals surface area contributed by atoms with Gasteiger partial charge in [-0.3, -0.25) is 15.1 Å². The molecule has 0 aliphatic carbocycles. The van der Waals surface area contributed by atoms with Crippen LogP contribution in [0.5, 0.6) is 0 Å². The van der Waals surface area contributed by atoms with E-state index in [9.17, 15) is 4.79 Å². The number of pyridine rings is 1. The second-order valence-electron chi connectivity index (χ2n) is 4.64. The number of nitrogens with zero attached hydrogens (tertiary/aromatic N) is 1. The molecule has 2 N–H and O–H groups in total. The van der Waals surface area contributed by atoms with Crippen LogP contribution >= 0.6 is 11.8 Å². The quantitative estimate of drug-likeness (QED) is 0.880. The average Bonchev–Trinajstić information content (AvgIpc) is 2.87. The minimum atomic E-state index is -0.787. The molecular weight excluding hydrogens is 260 g/mol. The highest BCUT2D eigenvalue weighted by atomic mass is 32.2. The zero-order valence-electron chi connectivity index (χ0n) is 10.5. The highest BCUT2D eigenvalue weighted by Gasteiger charge is 2.31. The summed E-state index contributed by atoms with van der Waals surface area (Å²) in [4.78, 5) is 15.5. The number of hydrogen-bond acceptors (Lipinski definition) is 4. The predicted molar refractivity (Wildman–Crippen MR) is 76.2 cm³/mol. The third kappa shape index (κ3) is 2.31. The zero-order chi connectivity index (χ0) is 13.4. The van der Waals surface area contributed by atoms with E-state index in [1.165, 1.54) is 0 Å². The molecule has 0 saturated carbocycles. The van der Waals surface area contributed by atoms with Crippen LogP contribution in [0.1, 0.15) is 16.6 Å². The van der Waals surface area contributed by atoms with Gasteiger partial charge < -0.3 is 5.11 Å². The summed E-state index contributed by atoms with van der Waals surface area (Å²) in [6.07, 6.45) is 0. The number of carboxylic acid groups (broad SMARTS) is 1. The summed E-state index contributed by atoms with van der Waals surface area (Å²) in [5.74, 6) is -0.194. The van der Waals surface area contributed by atoms with Crippen LogP contribution in [-0.2, 0) is 4.79 Å². The van der Waals surface area contributed by atoms with Crippen molar-refractivity contribution in [1.82, 2.24) is 10.3 Å². The first-order valence-electron chi connectivity index (χ1n) is 6.12. The predicted octanol–water partition coefficient (Wildman–Crippen LogP) is 2.33. The Kier molecular flexibility index (Phi) is 3.16. The lowest BCUT2D eigenvalue weighted by molar-refractivity contribution is -0.138. The molecule has 1 fully saturated rings. The highest BCUT2D eigenvalue weighted by Crippen LogP contribution is 2.36. The largest absolute Gasteiger partial charge is 0.480 e. The second-order valence-corrected chi connectivity index (χ2v) is 5.78. The molecule has 1 aliphatic heterocycles. The lowest BCUT2D eigenvalue weighted by Crippen LogP contribution is -2.33. The molecule has 1 aromatic carbocycles. The number of rotatable bonds is 2. The molecule has 2 atom stereocenters. The number of aliphatic carboxylic acids is 1. The van der Waals surface area contributed by atoms with Crippen LogP contribution in [0.3, 0.4) is 0 Å². The van der Waals surface area contributed by atoms with Crippen molar-refractivity contribution in [1.29, 1.82) is 0 Å². The van der Waals surface area contributed by atoms with Crippen molar-refractivity contribution in [3.8, 4) is 0 Å². The number of aromatic nitrogens is 1. The van der Waals surface area contributed by atoms with Crippen molar-refractivity contribution in [2.24, 2.45) is 0 Å². The summed E-state index contributed by atoms with van der Waals surface area (Å²) in [6.45, 7) is 1.96. The molecule has 0 amide bonds. The molecule has 19 heavy (non-hydrogen) atoms. The topological polar surface area (TPSA) is 62.2 Å². The second kappa shape index (κ2) is 4.83. The first-order chi connectivity index (χ1) is 9.15. The Morgan fingerprint density at radius 1 is 1.47 bits per heavy atom. The van der Waals surface area contributed by atoms with Gasteiger partial charge in [0.2, 0.25) is 0 Å². The van der Waals surface area contributed by atoms with E-state index < -0.39 is 12.0 Å². The standard InChI is InChI=1S/C14H14N2O2S/c1-8-6-10(9-4-2-3-5-11(9)15-8)13-16-12(7-19-13)14(17)18/h2-6,12-13,16H,7H2,1H3,(H,17,18)/t12-,13?/m1/s1. The normalized spacial score (nSPS) is 22.8. The van der Waals surface area contributed by atoms with Gasteiger partial charge in [0.1, 0.15) is 6.04 Å². The van der Waals surface area contributed by atoms with Gasteiger partial charge in [-0.1, -0.05) is 18.2 Å². The Bertz CT molecular complexity index is 644. The molecule has 98 valence electrons. The van der Waals surface area contributed by atoms with Gasteiger partial charge in [0.25, 0.3) is 0 Å². The van der Waals surface area contributed by atoms with Crippen molar-refractivity contribution < 1.29 is 9.90 Å². The number of thioether (sulfide) groups is 1. The van der Waals surface area contributed by atoms with Crippen LogP contribution in [0, 0.1) is 6.92 Å². The Hall–Kier alpha value is -1.59. The SMILES string of the molecule is Cc1cc(C2N[C@@H](C(=O)O)CS2)c2ccccc2n1. The number of carboxylic acids is 1. The van der Waals surface area contributed by atoms with Gasteiger partial charge >= 0.3 is 5.97 Å². The summed E-state index contributed by atoms with van der Waals surface area (Å²) >= 11 is 1.64. The lowest BCUT2D eigenvalue weighted by atomic mass is 10.1. The van der Waals surface area contributed by atoms with E-state index >= 15 is 0 Å². The minimum absolute atomic E-state index is 0.0210. The molecule has 2 heterocycles. The highest BCUT2D eigenvalue weighted by molar-refractivity contribution is 7.99. The van der Waals surface area contributed by atoms with Crippen molar-refractivity contribution in [2.45, 2.75) is 18.3 Å². The summed E-state index contributed by atoms with van der Waals surface area (Å²) < 4.78 is 0. The van der Waals surface area contributed by atoms with Crippen LogP contribution < -0.4 is 5.32 Å². The molecule has 1 aromatic heterocycles. The van der Waals surface area contributed by atoms with Crippen LogP contribution in [0.4, 0.5) is 0 Å². The number of benzene rings is 1. The van der Waals surface area contributed by atoms with Crippen LogP contribution in [0.25, 0.3) is 10.9 Å². The summed E-state index contributed by atoms with van der Waals surface area (Å²) in [7, 11) is 0. The Morgan fingerprint density at radius 3 is 3.00 bits per heavy atom. The molecule has 1 aliphatic rings. The van der Waals surface area contributed by atoms with Crippen molar-refractivity contribution in [3.05, 3.63) is 41.6 Å². The molecule has 1 unspecified atom stereocenters. The molecule has 3 rings (SSSR count). The summed E-state index contributed by atoms with van der Waals surface area (Å²) in [5.41, 5.74) is 3.03. The van der Waals surface area contributed by atoms with Gasteiger partial charge in [-0.15, -0.1) is 11.8 Å². The van der Waals surface area contributed by atoms with E-state index in [-0.39, 0.29) is 5.37 Å². The number of nitrogens with one attached hydrogen (secondary N) is 1. The van der Waals surface area contributed by atoms with Gasteiger partial charge in [0.05, 0.1) is 10.9 Å². The number of hydrogen-bond donors (Lipinski definition) is 2. The third-order valence-electron chi connectivity index (χ3n) is 3.24. The minimum Gasteiger partial charge on any atom is -0.480 e. The van der Waals surface area contributed by atoms with E-state index in [0.29, 0.717) is 5.75 Å². The van der Waals surface area contributed by atoms with E-state index in [1.807, 2.05) is 37.3 Å². The van der Waals surface area contributed by atoms with Crippen molar-refractivity contribution >= 4 is 28.6 Å². The van der Waals surface area contributed by atoms with Gasteiger partial charge in [-0.25, -0.2) is 0 Å². The van der Waals surface area contributed by atoms with E-state index in [2.05, 4.69) is 10.3 Å². The van der Waals surface area contributed by atoms with Crippen LogP contribution in [0.15, 0.2) is 30.3 Å². The average molecular weight is 274 g/mol. The maximum Gasteiger partial charge on any atom is 0.321 e. The van der Waals surface area contributed by atoms with Gasteiger partial charge in [-0.05, 0) is 24.6 Å². The summed E-state index contributed by atoms with van der Waals surface area (Å²) in [5, 5.41) is 13.3. The van der Waals surface area contributed by atoms with Crippen LogP contribution in [-0.4, -0.2) is 27.9 Å². The molecule has 5 heteroatoms. The number of para-hydroxylation sites is 1. The fourth-order valence-corrected chi connectivity index (χ4v) is 3.61.